The van der Waals surface area contributed by atoms with Gasteiger partial charge in [0.1, 0.15) is 6.29 Å². The van der Waals surface area contributed by atoms with Gasteiger partial charge >= 0.3 is 0 Å². The topological polar surface area (TPSA) is 60.2 Å². The first kappa shape index (κ1) is 23.5. The van der Waals surface area contributed by atoms with Crippen LogP contribution in [0.3, 0.4) is 0 Å². The summed E-state index contributed by atoms with van der Waals surface area (Å²) >= 11 is 0. The lowest BCUT2D eigenvalue weighted by atomic mass is 10.2. The summed E-state index contributed by atoms with van der Waals surface area (Å²) in [4.78, 5) is 20.6. The highest BCUT2D eigenvalue weighted by Crippen LogP contribution is 2.05. The summed E-state index contributed by atoms with van der Waals surface area (Å²) in [5.41, 5.74) is 0.264. The molecule has 142 valence electrons. The summed E-state index contributed by atoms with van der Waals surface area (Å²) in [6.07, 6.45) is 29.2. The van der Waals surface area contributed by atoms with Crippen molar-refractivity contribution in [1.29, 1.82) is 0 Å². The Morgan fingerprint density at radius 1 is 0.769 bits per heavy atom. The van der Waals surface area contributed by atoms with Gasteiger partial charge in [-0.15, -0.1) is 0 Å². The third-order valence-corrected chi connectivity index (χ3v) is 3.37. The molecule has 0 aromatic carbocycles. The van der Waals surface area contributed by atoms with Gasteiger partial charge in [0, 0.05) is 6.42 Å². The predicted molar refractivity (Wildman–Crippen MR) is 109 cm³/mol. The van der Waals surface area contributed by atoms with Gasteiger partial charge in [0.25, 0.3) is 0 Å². The maximum Gasteiger partial charge on any atom is 0.246 e. The van der Waals surface area contributed by atoms with Gasteiger partial charge in [0.2, 0.25) is 5.70 Å². The molecule has 4 nitrogen and oxygen atoms in total. The van der Waals surface area contributed by atoms with E-state index in [-0.39, 0.29) is 10.6 Å². The molecule has 0 heterocycles. The highest BCUT2D eigenvalue weighted by Gasteiger charge is 2.05. The van der Waals surface area contributed by atoms with Crippen molar-refractivity contribution in [2.45, 2.75) is 58.3 Å². The molecule has 0 aromatic heterocycles. The van der Waals surface area contributed by atoms with Crippen LogP contribution in [-0.4, -0.2) is 11.2 Å². The Hall–Kier alpha value is -2.49. The molecular formula is C22H31NO3. The molecule has 4 heteroatoms. The minimum Gasteiger partial charge on any atom is -0.303 e. The highest BCUT2D eigenvalue weighted by atomic mass is 16.6. The van der Waals surface area contributed by atoms with E-state index in [1.165, 1.54) is 0 Å². The Morgan fingerprint density at radius 2 is 1.23 bits per heavy atom. The number of aldehydes is 1. The van der Waals surface area contributed by atoms with E-state index in [2.05, 4.69) is 42.5 Å². The normalized spacial score (nSPS) is 13.2. The summed E-state index contributed by atoms with van der Waals surface area (Å²) in [5, 5.41) is 10.8. The molecule has 0 rings (SSSR count). The molecule has 0 radical (unpaired) electrons. The number of carbonyl (C=O) groups is 1. The van der Waals surface area contributed by atoms with Crippen molar-refractivity contribution >= 4 is 6.29 Å². The van der Waals surface area contributed by atoms with Crippen LogP contribution in [0.5, 0.6) is 0 Å². The Morgan fingerprint density at radius 3 is 1.65 bits per heavy atom. The maximum absolute atomic E-state index is 10.8. The number of hydrogen-bond acceptors (Lipinski definition) is 3. The smallest absolute Gasteiger partial charge is 0.246 e. The van der Waals surface area contributed by atoms with E-state index in [0.29, 0.717) is 19.3 Å². The average molecular weight is 357 g/mol. The largest absolute Gasteiger partial charge is 0.303 e. The quantitative estimate of drug-likeness (QED) is 0.114. The van der Waals surface area contributed by atoms with Crippen molar-refractivity contribution < 1.29 is 9.72 Å². The van der Waals surface area contributed by atoms with E-state index in [0.717, 1.165) is 38.4 Å². The maximum atomic E-state index is 10.8. The molecule has 0 bridgehead atoms. The second-order valence-electron chi connectivity index (χ2n) is 5.61. The van der Waals surface area contributed by atoms with Crippen LogP contribution in [0.15, 0.2) is 72.5 Å². The molecule has 0 aliphatic heterocycles. The number of rotatable bonds is 15. The number of allylic oxidation sites excluding steroid dienone is 11. The average Bonchev–Trinajstić information content (AvgIpc) is 2.63. The summed E-state index contributed by atoms with van der Waals surface area (Å²) in [7, 11) is 0. The molecule has 0 aliphatic carbocycles. The molecule has 0 spiro atoms. The molecular weight excluding hydrogens is 326 g/mol. The van der Waals surface area contributed by atoms with Gasteiger partial charge in [0.15, 0.2) is 0 Å². The molecule has 26 heavy (non-hydrogen) atoms. The molecule has 0 saturated carbocycles. The summed E-state index contributed by atoms with van der Waals surface area (Å²) in [5.74, 6) is 0. The fourth-order valence-electron chi connectivity index (χ4n) is 2.04. The predicted octanol–water partition coefficient (Wildman–Crippen LogP) is 6.27. The number of nitrogens with zero attached hydrogens (tertiary/aromatic N) is 1. The monoisotopic (exact) mass is 357 g/mol. The van der Waals surface area contributed by atoms with E-state index in [9.17, 15) is 14.9 Å². The molecule has 0 aromatic rings. The number of hydrogen-bond donors (Lipinski definition) is 0. The first-order valence-electron chi connectivity index (χ1n) is 9.24. The van der Waals surface area contributed by atoms with Gasteiger partial charge in [0.05, 0.1) is 11.3 Å². The lowest BCUT2D eigenvalue weighted by Gasteiger charge is -1.92. The van der Waals surface area contributed by atoms with Crippen molar-refractivity contribution in [3.63, 3.8) is 0 Å². The highest BCUT2D eigenvalue weighted by molar-refractivity contribution is 5.49. The standard InChI is InChI=1S/C22H31NO3/c1-2-19-22(23(25)26)20-17-15-13-11-9-7-5-3-4-6-8-10-12-14-16-18-21-24/h3,5-6,8-9,11-12,14-15,17,19,21H,2,4,7,10,13,16,18,20H2,1H3/b5-3-,8-6-,11-9-,14-12-,17-15-,22-19+. The molecule has 0 saturated heterocycles. The lowest BCUT2D eigenvalue weighted by molar-refractivity contribution is -0.427. The van der Waals surface area contributed by atoms with E-state index in [4.69, 9.17) is 0 Å². The van der Waals surface area contributed by atoms with Gasteiger partial charge < -0.3 is 4.79 Å². The van der Waals surface area contributed by atoms with E-state index < -0.39 is 0 Å². The van der Waals surface area contributed by atoms with Crippen LogP contribution in [0.2, 0.25) is 0 Å². The molecule has 0 unspecified atom stereocenters. The molecule has 0 amide bonds. The van der Waals surface area contributed by atoms with Gasteiger partial charge in [-0.25, -0.2) is 0 Å². The summed E-state index contributed by atoms with van der Waals surface area (Å²) in [6, 6.07) is 0. The first-order chi connectivity index (χ1) is 12.7. The van der Waals surface area contributed by atoms with Crippen LogP contribution in [0.25, 0.3) is 0 Å². The number of carbonyl (C=O) groups excluding carboxylic acids is 1. The van der Waals surface area contributed by atoms with E-state index in [1.807, 2.05) is 25.2 Å². The van der Waals surface area contributed by atoms with Crippen molar-refractivity contribution in [1.82, 2.24) is 0 Å². The second-order valence-corrected chi connectivity index (χ2v) is 5.61. The van der Waals surface area contributed by atoms with Crippen molar-refractivity contribution in [3.05, 3.63) is 82.6 Å². The number of unbranched alkanes of at least 4 members (excludes halogenated alkanes) is 1. The zero-order chi connectivity index (χ0) is 19.3. The van der Waals surface area contributed by atoms with Crippen molar-refractivity contribution in [2.24, 2.45) is 0 Å². The molecule has 0 atom stereocenters. The Balaban J connectivity index is 3.74. The van der Waals surface area contributed by atoms with Crippen LogP contribution in [0.4, 0.5) is 0 Å². The fourth-order valence-corrected chi connectivity index (χ4v) is 2.04. The van der Waals surface area contributed by atoms with Crippen molar-refractivity contribution in [2.75, 3.05) is 0 Å². The summed E-state index contributed by atoms with van der Waals surface area (Å²) in [6.45, 7) is 1.90. The Bertz CT molecular complexity index is 552. The van der Waals surface area contributed by atoms with Crippen LogP contribution in [0.1, 0.15) is 58.3 Å². The lowest BCUT2D eigenvalue weighted by Crippen LogP contribution is -1.96. The number of nitro groups is 1. The van der Waals surface area contributed by atoms with Crippen LogP contribution >= 0.6 is 0 Å². The van der Waals surface area contributed by atoms with Gasteiger partial charge in [-0.3, -0.25) is 10.1 Å². The Labute approximate surface area is 157 Å². The molecule has 0 fully saturated rings. The summed E-state index contributed by atoms with van der Waals surface area (Å²) < 4.78 is 0. The first-order valence-corrected chi connectivity index (χ1v) is 9.24. The van der Waals surface area contributed by atoms with Gasteiger partial charge in [-0.05, 0) is 44.6 Å². The SMILES string of the molecule is CC/C=C(\C/C=C\C/C=C\C/C=C\C/C=C\C/C=C\CCC=O)[N+](=O)[O-]. The Kier molecular flexibility index (Phi) is 17.0. The zero-order valence-corrected chi connectivity index (χ0v) is 15.8. The third-order valence-electron chi connectivity index (χ3n) is 3.37. The van der Waals surface area contributed by atoms with Crippen LogP contribution in [-0.2, 0) is 4.79 Å². The molecule has 0 N–H and O–H groups in total. The van der Waals surface area contributed by atoms with E-state index >= 15 is 0 Å². The van der Waals surface area contributed by atoms with E-state index in [1.54, 1.807) is 6.08 Å². The van der Waals surface area contributed by atoms with Gasteiger partial charge in [-0.1, -0.05) is 67.7 Å². The second kappa shape index (κ2) is 18.8. The zero-order valence-electron chi connectivity index (χ0n) is 15.8. The fraction of sp³-hybridized carbons (Fsp3) is 0.409. The minimum atomic E-state index is -0.313. The van der Waals surface area contributed by atoms with Crippen molar-refractivity contribution in [3.8, 4) is 0 Å². The van der Waals surface area contributed by atoms with Crippen LogP contribution < -0.4 is 0 Å². The molecule has 0 aliphatic rings. The van der Waals surface area contributed by atoms with Gasteiger partial charge in [-0.2, -0.15) is 0 Å². The third kappa shape index (κ3) is 16.4. The van der Waals surface area contributed by atoms with Crippen LogP contribution in [0, 0.1) is 10.1 Å². The minimum absolute atomic E-state index is 0.264.